The lowest BCUT2D eigenvalue weighted by Crippen LogP contribution is -2.40. The maximum absolute atomic E-state index is 12.4. The zero-order valence-electron chi connectivity index (χ0n) is 16.0. The molecule has 0 aromatic heterocycles. The monoisotopic (exact) mass is 479 g/mol. The molecule has 154 valence electrons. The number of sulfonamides is 1. The Morgan fingerprint density at radius 3 is 2.55 bits per heavy atom. The van der Waals surface area contributed by atoms with Crippen LogP contribution in [0.1, 0.15) is 18.4 Å². The zero-order chi connectivity index (χ0) is 21.0. The summed E-state index contributed by atoms with van der Waals surface area (Å²) < 4.78 is 26.2. The van der Waals surface area contributed by atoms with E-state index in [2.05, 4.69) is 21.2 Å². The summed E-state index contributed by atoms with van der Waals surface area (Å²) in [6.45, 7) is 0.628. The third-order valence-corrected chi connectivity index (χ3v) is 6.26. The van der Waals surface area contributed by atoms with E-state index in [0.717, 1.165) is 32.7 Å². The maximum Gasteiger partial charge on any atom is 0.241 e. The lowest BCUT2D eigenvalue weighted by molar-refractivity contribution is -0.120. The predicted octanol–water partition coefficient (Wildman–Crippen LogP) is 2.66. The van der Waals surface area contributed by atoms with Gasteiger partial charge in [-0.3, -0.25) is 13.9 Å². The van der Waals surface area contributed by atoms with E-state index in [-0.39, 0.29) is 19.0 Å². The van der Waals surface area contributed by atoms with Gasteiger partial charge in [0.15, 0.2) is 0 Å². The van der Waals surface area contributed by atoms with Crippen LogP contribution in [0.5, 0.6) is 0 Å². The number of benzene rings is 2. The van der Waals surface area contributed by atoms with Gasteiger partial charge in [-0.1, -0.05) is 28.1 Å². The van der Waals surface area contributed by atoms with Crippen LogP contribution in [-0.2, 0) is 26.2 Å². The molecule has 3 rings (SSSR count). The Balaban J connectivity index is 1.65. The Morgan fingerprint density at radius 1 is 1.21 bits per heavy atom. The van der Waals surface area contributed by atoms with Gasteiger partial charge in [-0.25, -0.2) is 8.42 Å². The summed E-state index contributed by atoms with van der Waals surface area (Å²) in [7, 11) is -3.62. The van der Waals surface area contributed by atoms with E-state index in [1.807, 2.05) is 24.3 Å². The highest BCUT2D eigenvalue weighted by Gasteiger charge is 2.22. The average Bonchev–Trinajstić information content (AvgIpc) is 3.11. The summed E-state index contributed by atoms with van der Waals surface area (Å²) in [4.78, 5) is 26.1. The molecule has 0 atom stereocenters. The van der Waals surface area contributed by atoms with Gasteiger partial charge in [-0.2, -0.15) is 0 Å². The van der Waals surface area contributed by atoms with Crippen LogP contribution in [0, 0.1) is 0 Å². The third-order valence-electron chi connectivity index (χ3n) is 4.59. The molecule has 0 spiro atoms. The minimum Gasteiger partial charge on any atom is -0.350 e. The molecule has 2 amide bonds. The average molecular weight is 480 g/mol. The Bertz CT molecular complexity index is 1010. The lowest BCUT2D eigenvalue weighted by atomic mass is 10.2. The molecule has 29 heavy (non-hydrogen) atoms. The van der Waals surface area contributed by atoms with Gasteiger partial charge >= 0.3 is 0 Å². The lowest BCUT2D eigenvalue weighted by Gasteiger charge is -2.22. The van der Waals surface area contributed by atoms with E-state index >= 15 is 0 Å². The summed E-state index contributed by atoms with van der Waals surface area (Å²) in [6, 6.07) is 14.1. The number of rotatable bonds is 7. The van der Waals surface area contributed by atoms with Crippen LogP contribution in [0.25, 0.3) is 0 Å². The van der Waals surface area contributed by atoms with Crippen molar-refractivity contribution < 1.29 is 18.0 Å². The van der Waals surface area contributed by atoms with Gasteiger partial charge in [0.25, 0.3) is 0 Å². The smallest absolute Gasteiger partial charge is 0.241 e. The van der Waals surface area contributed by atoms with Crippen LogP contribution in [0.15, 0.2) is 53.0 Å². The number of carbonyl (C=O) groups excluding carboxylic acids is 2. The molecule has 1 heterocycles. The molecular formula is C20H22BrN3O4S. The second-order valence-electron chi connectivity index (χ2n) is 6.84. The van der Waals surface area contributed by atoms with Gasteiger partial charge in [-0.15, -0.1) is 0 Å². The first kappa shape index (κ1) is 21.3. The summed E-state index contributed by atoms with van der Waals surface area (Å²) in [6.07, 6.45) is 2.47. The van der Waals surface area contributed by atoms with Crippen molar-refractivity contribution in [1.82, 2.24) is 5.32 Å². The normalized spacial score (nSPS) is 14.1. The number of anilines is 2. The molecule has 2 aromatic carbocycles. The van der Waals surface area contributed by atoms with Gasteiger partial charge in [0.05, 0.1) is 11.9 Å². The first-order valence-electron chi connectivity index (χ1n) is 9.13. The molecule has 0 radical (unpaired) electrons. The molecule has 9 heteroatoms. The third kappa shape index (κ3) is 5.57. The molecule has 1 aliphatic rings. The van der Waals surface area contributed by atoms with Crippen molar-refractivity contribution >= 4 is 49.1 Å². The SMILES string of the molecule is CS(=O)(=O)N(CC(=O)NCc1cccc(N2CCCC2=O)c1)c1ccc(Br)cc1. The Kier molecular flexibility index (Phi) is 6.59. The number of nitrogens with zero attached hydrogens (tertiary/aromatic N) is 2. The fourth-order valence-corrected chi connectivity index (χ4v) is 4.27. The molecule has 1 saturated heterocycles. The molecule has 7 nitrogen and oxygen atoms in total. The first-order valence-corrected chi connectivity index (χ1v) is 11.8. The summed E-state index contributed by atoms with van der Waals surface area (Å²) in [5.74, 6) is -0.314. The number of hydrogen-bond donors (Lipinski definition) is 1. The van der Waals surface area contributed by atoms with Crippen molar-refractivity contribution in [2.45, 2.75) is 19.4 Å². The summed E-state index contributed by atoms with van der Waals surface area (Å²) in [5, 5.41) is 2.75. The van der Waals surface area contributed by atoms with Crippen LogP contribution in [0.3, 0.4) is 0 Å². The standard InChI is InChI=1S/C20H22BrN3O4S/c1-29(27,28)24(17-9-7-16(21)8-10-17)14-19(25)22-13-15-4-2-5-18(12-15)23-11-3-6-20(23)26/h2,4-5,7-10,12H,3,6,11,13-14H2,1H3,(H,22,25). The van der Waals surface area contributed by atoms with Gasteiger partial charge in [0.2, 0.25) is 21.8 Å². The van der Waals surface area contributed by atoms with Gasteiger partial charge in [0.1, 0.15) is 6.54 Å². The fourth-order valence-electron chi connectivity index (χ4n) is 3.15. The molecule has 0 saturated carbocycles. The molecule has 0 aliphatic carbocycles. The highest BCUT2D eigenvalue weighted by atomic mass is 79.9. The Hall–Kier alpha value is -2.39. The van der Waals surface area contributed by atoms with Crippen molar-refractivity contribution in [3.63, 3.8) is 0 Å². The van der Waals surface area contributed by atoms with Gasteiger partial charge < -0.3 is 10.2 Å². The van der Waals surface area contributed by atoms with Crippen molar-refractivity contribution in [3.8, 4) is 0 Å². The number of carbonyl (C=O) groups is 2. The molecular weight excluding hydrogens is 458 g/mol. The Morgan fingerprint density at radius 2 is 1.93 bits per heavy atom. The quantitative estimate of drug-likeness (QED) is 0.661. The van der Waals surface area contributed by atoms with Crippen molar-refractivity contribution in [2.24, 2.45) is 0 Å². The summed E-state index contributed by atoms with van der Waals surface area (Å²) in [5.41, 5.74) is 2.07. The van der Waals surface area contributed by atoms with Crippen molar-refractivity contribution in [3.05, 3.63) is 58.6 Å². The maximum atomic E-state index is 12.4. The van der Waals surface area contributed by atoms with Gasteiger partial charge in [-0.05, 0) is 48.4 Å². The van der Waals surface area contributed by atoms with Crippen molar-refractivity contribution in [1.29, 1.82) is 0 Å². The largest absolute Gasteiger partial charge is 0.350 e. The van der Waals surface area contributed by atoms with Crippen LogP contribution >= 0.6 is 15.9 Å². The van der Waals surface area contributed by atoms with Crippen LogP contribution in [0.4, 0.5) is 11.4 Å². The Labute approximate surface area is 178 Å². The van der Waals surface area contributed by atoms with E-state index in [4.69, 9.17) is 0 Å². The molecule has 1 N–H and O–H groups in total. The molecule has 0 bridgehead atoms. The molecule has 1 fully saturated rings. The number of amides is 2. The van der Waals surface area contributed by atoms with Crippen LogP contribution < -0.4 is 14.5 Å². The van der Waals surface area contributed by atoms with E-state index in [0.29, 0.717) is 18.7 Å². The highest BCUT2D eigenvalue weighted by Crippen LogP contribution is 2.23. The molecule has 1 aliphatic heterocycles. The zero-order valence-corrected chi connectivity index (χ0v) is 18.4. The minimum absolute atomic E-state index is 0.101. The van der Waals surface area contributed by atoms with E-state index in [1.54, 1.807) is 29.2 Å². The van der Waals surface area contributed by atoms with Crippen molar-refractivity contribution in [2.75, 3.05) is 28.6 Å². The van der Waals surface area contributed by atoms with Gasteiger partial charge in [0, 0.05) is 29.7 Å². The van der Waals surface area contributed by atoms with Crippen LogP contribution in [0.2, 0.25) is 0 Å². The number of halogens is 1. The first-order chi connectivity index (χ1) is 13.7. The van der Waals surface area contributed by atoms with E-state index in [1.165, 1.54) is 0 Å². The van der Waals surface area contributed by atoms with E-state index < -0.39 is 15.9 Å². The highest BCUT2D eigenvalue weighted by molar-refractivity contribution is 9.10. The fraction of sp³-hybridized carbons (Fsp3) is 0.300. The second kappa shape index (κ2) is 8.96. The number of hydrogen-bond acceptors (Lipinski definition) is 4. The minimum atomic E-state index is -3.62. The summed E-state index contributed by atoms with van der Waals surface area (Å²) >= 11 is 3.31. The second-order valence-corrected chi connectivity index (χ2v) is 9.66. The number of nitrogens with one attached hydrogen (secondary N) is 1. The van der Waals surface area contributed by atoms with Crippen LogP contribution in [-0.4, -0.2) is 39.6 Å². The molecule has 0 unspecified atom stereocenters. The van der Waals surface area contributed by atoms with E-state index in [9.17, 15) is 18.0 Å². The topological polar surface area (TPSA) is 86.8 Å². The molecule has 2 aromatic rings. The predicted molar refractivity (Wildman–Crippen MR) is 116 cm³/mol.